The number of benzene rings is 3. The number of phenolic OH excluding ortho intramolecular Hbond substituents is 3. The standard InChI is InChI=1S/C19H17NO3/c20-19(13-7-3-1-4-8-13,14-9-5-2-6-10-14)15-11-16(21)18(23)17(22)12-15/h1-12,21-23H,20H2. The lowest BCUT2D eigenvalue weighted by Gasteiger charge is -2.32. The molecular formula is C19H17NO3. The van der Waals surface area contributed by atoms with Crippen molar-refractivity contribution in [3.63, 3.8) is 0 Å². The Labute approximate surface area is 134 Å². The maximum absolute atomic E-state index is 9.87. The van der Waals surface area contributed by atoms with Crippen LogP contribution in [0.1, 0.15) is 16.7 Å². The highest BCUT2D eigenvalue weighted by Gasteiger charge is 2.33. The number of rotatable bonds is 3. The summed E-state index contributed by atoms with van der Waals surface area (Å²) in [6.07, 6.45) is 0. The number of hydrogen-bond acceptors (Lipinski definition) is 4. The van der Waals surface area contributed by atoms with E-state index in [9.17, 15) is 15.3 Å². The monoisotopic (exact) mass is 307 g/mol. The SMILES string of the molecule is NC(c1ccccc1)(c1ccccc1)c1cc(O)c(O)c(O)c1. The molecule has 0 amide bonds. The van der Waals surface area contributed by atoms with Gasteiger partial charge >= 0.3 is 0 Å². The molecule has 5 N–H and O–H groups in total. The maximum Gasteiger partial charge on any atom is 0.200 e. The predicted octanol–water partition coefficient (Wildman–Crippen LogP) is 3.05. The van der Waals surface area contributed by atoms with Crippen molar-refractivity contribution in [3.8, 4) is 17.2 Å². The molecule has 3 aromatic rings. The average molecular weight is 307 g/mol. The molecule has 4 nitrogen and oxygen atoms in total. The van der Waals surface area contributed by atoms with Gasteiger partial charge in [0.25, 0.3) is 0 Å². The Morgan fingerprint density at radius 2 is 1.00 bits per heavy atom. The van der Waals surface area contributed by atoms with E-state index in [1.807, 2.05) is 60.7 Å². The van der Waals surface area contributed by atoms with Crippen molar-refractivity contribution in [2.24, 2.45) is 5.73 Å². The lowest BCUT2D eigenvalue weighted by Crippen LogP contribution is -2.39. The summed E-state index contributed by atoms with van der Waals surface area (Å²) in [5.74, 6) is -1.39. The molecule has 0 saturated carbocycles. The Bertz CT molecular complexity index is 754. The summed E-state index contributed by atoms with van der Waals surface area (Å²) in [6, 6.07) is 21.6. The van der Waals surface area contributed by atoms with Gasteiger partial charge in [0, 0.05) is 0 Å². The van der Waals surface area contributed by atoms with E-state index in [2.05, 4.69) is 0 Å². The summed E-state index contributed by atoms with van der Waals surface area (Å²) >= 11 is 0. The molecule has 0 aliphatic rings. The smallest absolute Gasteiger partial charge is 0.200 e. The fourth-order valence-corrected chi connectivity index (χ4v) is 2.73. The molecule has 0 aromatic heterocycles. The highest BCUT2D eigenvalue weighted by molar-refractivity contribution is 5.57. The van der Waals surface area contributed by atoms with Crippen molar-refractivity contribution < 1.29 is 15.3 Å². The van der Waals surface area contributed by atoms with Gasteiger partial charge in [0.2, 0.25) is 0 Å². The van der Waals surface area contributed by atoms with Crippen molar-refractivity contribution in [2.45, 2.75) is 5.54 Å². The molecule has 116 valence electrons. The van der Waals surface area contributed by atoms with Crippen LogP contribution in [-0.2, 0) is 5.54 Å². The van der Waals surface area contributed by atoms with Gasteiger partial charge in [0.05, 0.1) is 5.54 Å². The minimum atomic E-state index is -1.08. The second-order valence-corrected chi connectivity index (χ2v) is 5.40. The molecule has 0 unspecified atom stereocenters. The first-order valence-corrected chi connectivity index (χ1v) is 7.19. The van der Waals surface area contributed by atoms with Crippen LogP contribution in [0.25, 0.3) is 0 Å². The van der Waals surface area contributed by atoms with Gasteiger partial charge in [0.15, 0.2) is 17.2 Å². The minimum Gasteiger partial charge on any atom is -0.504 e. The zero-order valence-electron chi connectivity index (χ0n) is 12.3. The van der Waals surface area contributed by atoms with Gasteiger partial charge in [-0.15, -0.1) is 0 Å². The first-order chi connectivity index (χ1) is 11.0. The quantitative estimate of drug-likeness (QED) is 0.442. The van der Waals surface area contributed by atoms with E-state index >= 15 is 0 Å². The van der Waals surface area contributed by atoms with Gasteiger partial charge < -0.3 is 21.1 Å². The van der Waals surface area contributed by atoms with Gasteiger partial charge in [0.1, 0.15) is 0 Å². The zero-order valence-corrected chi connectivity index (χ0v) is 12.3. The lowest BCUT2D eigenvalue weighted by molar-refractivity contribution is 0.366. The van der Waals surface area contributed by atoms with Crippen LogP contribution in [0.15, 0.2) is 72.8 Å². The number of aromatic hydroxyl groups is 3. The van der Waals surface area contributed by atoms with Crippen LogP contribution < -0.4 is 5.73 Å². The Kier molecular flexibility index (Phi) is 3.68. The van der Waals surface area contributed by atoms with E-state index in [-0.39, 0.29) is 0 Å². The average Bonchev–Trinajstić information content (AvgIpc) is 2.60. The molecule has 0 bridgehead atoms. The van der Waals surface area contributed by atoms with Crippen LogP contribution in [-0.4, -0.2) is 15.3 Å². The van der Waals surface area contributed by atoms with Crippen LogP contribution in [0.3, 0.4) is 0 Å². The van der Waals surface area contributed by atoms with Crippen LogP contribution in [0, 0.1) is 0 Å². The second kappa shape index (κ2) is 5.66. The van der Waals surface area contributed by atoms with Crippen molar-refractivity contribution in [2.75, 3.05) is 0 Å². The van der Waals surface area contributed by atoms with Crippen molar-refractivity contribution in [1.82, 2.24) is 0 Å². The predicted molar refractivity (Wildman–Crippen MR) is 88.4 cm³/mol. The third kappa shape index (κ3) is 2.49. The third-order valence-electron chi connectivity index (χ3n) is 3.98. The Hall–Kier alpha value is -2.98. The summed E-state index contributed by atoms with van der Waals surface area (Å²) < 4.78 is 0. The van der Waals surface area contributed by atoms with E-state index in [1.54, 1.807) is 0 Å². The Morgan fingerprint density at radius 3 is 1.39 bits per heavy atom. The maximum atomic E-state index is 9.87. The highest BCUT2D eigenvalue weighted by Crippen LogP contribution is 2.42. The van der Waals surface area contributed by atoms with Crippen molar-refractivity contribution in [1.29, 1.82) is 0 Å². The molecule has 3 aromatic carbocycles. The molecule has 0 atom stereocenters. The van der Waals surface area contributed by atoms with Gasteiger partial charge in [-0.1, -0.05) is 60.7 Å². The topological polar surface area (TPSA) is 86.7 Å². The number of hydrogen-bond donors (Lipinski definition) is 4. The lowest BCUT2D eigenvalue weighted by atomic mass is 9.78. The zero-order chi connectivity index (χ0) is 16.4. The van der Waals surface area contributed by atoms with Gasteiger partial charge in [-0.2, -0.15) is 0 Å². The normalized spacial score (nSPS) is 11.3. The van der Waals surface area contributed by atoms with Crippen molar-refractivity contribution in [3.05, 3.63) is 89.5 Å². The van der Waals surface area contributed by atoms with E-state index in [4.69, 9.17) is 5.73 Å². The van der Waals surface area contributed by atoms with Crippen LogP contribution in [0.5, 0.6) is 17.2 Å². The summed E-state index contributed by atoms with van der Waals surface area (Å²) in [7, 11) is 0. The van der Waals surface area contributed by atoms with E-state index in [1.165, 1.54) is 12.1 Å². The largest absolute Gasteiger partial charge is 0.504 e. The summed E-state index contributed by atoms with van der Waals surface area (Å²) in [4.78, 5) is 0. The third-order valence-corrected chi connectivity index (χ3v) is 3.98. The Morgan fingerprint density at radius 1 is 0.609 bits per heavy atom. The fourth-order valence-electron chi connectivity index (χ4n) is 2.73. The molecule has 0 spiro atoms. The second-order valence-electron chi connectivity index (χ2n) is 5.40. The van der Waals surface area contributed by atoms with E-state index < -0.39 is 22.8 Å². The molecule has 0 fully saturated rings. The van der Waals surface area contributed by atoms with Gasteiger partial charge in [-0.25, -0.2) is 0 Å². The van der Waals surface area contributed by atoms with Gasteiger partial charge in [-0.05, 0) is 28.8 Å². The molecule has 0 aliphatic heterocycles. The van der Waals surface area contributed by atoms with Crippen LogP contribution >= 0.6 is 0 Å². The summed E-state index contributed by atoms with van der Waals surface area (Å²) in [6.45, 7) is 0. The number of phenols is 3. The molecule has 0 aliphatic carbocycles. The molecule has 0 radical (unpaired) electrons. The molecule has 0 heterocycles. The first kappa shape index (κ1) is 14.9. The minimum absolute atomic E-state index is 0.415. The molecule has 4 heteroatoms. The van der Waals surface area contributed by atoms with E-state index in [0.717, 1.165) is 11.1 Å². The van der Waals surface area contributed by atoms with Gasteiger partial charge in [-0.3, -0.25) is 0 Å². The molecular weight excluding hydrogens is 290 g/mol. The fraction of sp³-hybridized carbons (Fsp3) is 0.0526. The van der Waals surface area contributed by atoms with Crippen LogP contribution in [0.2, 0.25) is 0 Å². The summed E-state index contributed by atoms with van der Waals surface area (Å²) in [5.41, 5.74) is 7.75. The molecule has 0 saturated heterocycles. The Balaban J connectivity index is 2.29. The summed E-state index contributed by atoms with van der Waals surface area (Å²) in [5, 5.41) is 29.3. The van der Waals surface area contributed by atoms with E-state index in [0.29, 0.717) is 5.56 Å². The molecule has 3 rings (SSSR count). The molecule has 23 heavy (non-hydrogen) atoms. The number of nitrogens with two attached hydrogens (primary N) is 1. The highest BCUT2D eigenvalue weighted by atomic mass is 16.3. The first-order valence-electron chi connectivity index (χ1n) is 7.19. The van der Waals surface area contributed by atoms with Crippen LogP contribution in [0.4, 0.5) is 0 Å². The van der Waals surface area contributed by atoms with Crippen molar-refractivity contribution >= 4 is 0 Å².